The van der Waals surface area contributed by atoms with Crippen LogP contribution in [0.2, 0.25) is 10.0 Å². The molecule has 2 aromatic carbocycles. The Bertz CT molecular complexity index is 1520. The fourth-order valence-corrected chi connectivity index (χ4v) is 4.82. The number of H-pyrrole nitrogens is 1. The van der Waals surface area contributed by atoms with Gasteiger partial charge in [0, 0.05) is 52.3 Å². The molecule has 0 spiro atoms. The molecule has 0 atom stereocenters. The summed E-state index contributed by atoms with van der Waals surface area (Å²) in [4.78, 5) is 45.2. The topological polar surface area (TPSA) is 140 Å². The summed E-state index contributed by atoms with van der Waals surface area (Å²) < 4.78 is 1.49. The van der Waals surface area contributed by atoms with Gasteiger partial charge in [0.1, 0.15) is 5.82 Å². The Labute approximate surface area is 213 Å². The van der Waals surface area contributed by atoms with E-state index in [1.54, 1.807) is 29.2 Å². The first-order chi connectivity index (χ1) is 17.3. The van der Waals surface area contributed by atoms with Crippen molar-refractivity contribution in [3.8, 4) is 0 Å². The summed E-state index contributed by atoms with van der Waals surface area (Å²) in [7, 11) is 0. The van der Waals surface area contributed by atoms with Crippen molar-refractivity contribution in [3.05, 3.63) is 89.9 Å². The lowest BCUT2D eigenvalue weighted by Gasteiger charge is -2.31. The number of nitro groups is 1. The van der Waals surface area contributed by atoms with Gasteiger partial charge in [-0.1, -0.05) is 40.5 Å². The third kappa shape index (κ3) is 4.54. The van der Waals surface area contributed by atoms with Gasteiger partial charge in [-0.25, -0.2) is 9.67 Å². The smallest absolute Gasteiger partial charge is 0.281 e. The van der Waals surface area contributed by atoms with Crippen LogP contribution in [0.3, 0.4) is 0 Å². The van der Waals surface area contributed by atoms with Gasteiger partial charge >= 0.3 is 0 Å². The highest BCUT2D eigenvalue weighted by Gasteiger charge is 2.27. The maximum atomic E-state index is 12.9. The van der Waals surface area contributed by atoms with Crippen molar-refractivity contribution in [2.75, 3.05) is 13.1 Å². The molecule has 11 nitrogen and oxygen atoms in total. The molecule has 1 fully saturated rings. The molecule has 184 valence electrons. The zero-order valence-corrected chi connectivity index (χ0v) is 20.2. The molecule has 0 bridgehead atoms. The fourth-order valence-electron chi connectivity index (χ4n) is 4.31. The Morgan fingerprint density at radius 1 is 1.14 bits per heavy atom. The van der Waals surface area contributed by atoms with Gasteiger partial charge in [-0.3, -0.25) is 19.7 Å². The van der Waals surface area contributed by atoms with Crippen LogP contribution in [0, 0.1) is 10.1 Å². The third-order valence-electron chi connectivity index (χ3n) is 6.23. The number of likely N-dealkylation sites (tertiary alicyclic amines) is 1. The third-order valence-corrected chi connectivity index (χ3v) is 6.94. The fraction of sp³-hybridized carbons (Fsp3) is 0.261. The molecular weight excluding hydrogens is 509 g/mol. The number of nitro benzene ring substituents is 1. The number of piperidine rings is 1. The summed E-state index contributed by atoms with van der Waals surface area (Å²) in [6.45, 7) is 1.03. The van der Waals surface area contributed by atoms with Gasteiger partial charge in [0.25, 0.3) is 17.2 Å². The number of carbonyl (C=O) groups excluding carboxylic acids is 1. The highest BCUT2D eigenvalue weighted by Crippen LogP contribution is 2.28. The lowest BCUT2D eigenvalue weighted by atomic mass is 9.95. The average Bonchev–Trinajstić information content (AvgIpc) is 3.29. The molecule has 0 unspecified atom stereocenters. The van der Waals surface area contributed by atoms with E-state index in [0.29, 0.717) is 53.0 Å². The van der Waals surface area contributed by atoms with Gasteiger partial charge in [0.05, 0.1) is 11.5 Å². The van der Waals surface area contributed by atoms with Gasteiger partial charge in [0.2, 0.25) is 0 Å². The predicted molar refractivity (Wildman–Crippen MR) is 132 cm³/mol. The minimum absolute atomic E-state index is 0.0940. The summed E-state index contributed by atoms with van der Waals surface area (Å²) in [5, 5.41) is 20.0. The molecule has 0 radical (unpaired) electrons. The summed E-state index contributed by atoms with van der Waals surface area (Å²) >= 11 is 12.6. The van der Waals surface area contributed by atoms with E-state index in [-0.39, 0.29) is 35.1 Å². The highest BCUT2D eigenvalue weighted by atomic mass is 35.5. The van der Waals surface area contributed by atoms with Crippen LogP contribution >= 0.6 is 23.2 Å². The van der Waals surface area contributed by atoms with Gasteiger partial charge in [0.15, 0.2) is 11.2 Å². The van der Waals surface area contributed by atoms with Crippen LogP contribution in [0.5, 0.6) is 0 Å². The largest absolute Gasteiger partial charge is 0.339 e. The molecule has 1 aliphatic heterocycles. The van der Waals surface area contributed by atoms with Gasteiger partial charge in [-0.05, 0) is 31.0 Å². The van der Waals surface area contributed by atoms with Crippen molar-refractivity contribution in [2.24, 2.45) is 0 Å². The second-order valence-corrected chi connectivity index (χ2v) is 9.26. The number of aromatic nitrogens is 5. The average molecular weight is 528 g/mol. The molecule has 4 aromatic rings. The van der Waals surface area contributed by atoms with Crippen LogP contribution in [-0.4, -0.2) is 53.8 Å². The monoisotopic (exact) mass is 527 g/mol. The Morgan fingerprint density at radius 3 is 2.53 bits per heavy atom. The van der Waals surface area contributed by atoms with Gasteiger partial charge in [-0.15, -0.1) is 5.10 Å². The second kappa shape index (κ2) is 9.67. The van der Waals surface area contributed by atoms with Gasteiger partial charge in [-0.2, -0.15) is 0 Å². The number of nitrogens with zero attached hydrogens (tertiary/aromatic N) is 6. The van der Waals surface area contributed by atoms with Crippen molar-refractivity contribution < 1.29 is 9.72 Å². The summed E-state index contributed by atoms with van der Waals surface area (Å²) in [6.07, 6.45) is 1.13. The first-order valence-electron chi connectivity index (χ1n) is 11.1. The SMILES string of the molecule is O=C(c1cccc([N+](=O)[O-])c1)N1CCC(c2nc3c(nnn3Cc3c(Cl)cccc3Cl)c(=O)[nH]2)CC1. The molecule has 3 heterocycles. The number of rotatable bonds is 5. The molecule has 1 aliphatic rings. The number of fused-ring (bicyclic) bond motifs is 1. The zero-order valence-electron chi connectivity index (χ0n) is 18.7. The Hall–Kier alpha value is -3.83. The quantitative estimate of drug-likeness (QED) is 0.307. The van der Waals surface area contributed by atoms with Crippen LogP contribution in [0.4, 0.5) is 5.69 Å². The van der Waals surface area contributed by atoms with E-state index < -0.39 is 10.5 Å². The first kappa shape index (κ1) is 23.9. The standard InChI is InChI=1S/C23H19Cl2N7O4/c24-17-5-2-6-18(25)16(17)12-31-21-19(28-29-31)22(33)27-20(26-21)13-7-9-30(10-8-13)23(34)14-3-1-4-15(11-14)32(35)36/h1-6,11,13H,7-10,12H2,(H,26,27,33). The van der Waals surface area contributed by atoms with Crippen LogP contribution in [-0.2, 0) is 6.54 Å². The van der Waals surface area contributed by atoms with Crippen molar-refractivity contribution >= 4 is 46.0 Å². The number of carbonyl (C=O) groups is 1. The van der Waals surface area contributed by atoms with Crippen molar-refractivity contribution in [3.63, 3.8) is 0 Å². The van der Waals surface area contributed by atoms with E-state index in [1.807, 2.05) is 0 Å². The number of aromatic amines is 1. The van der Waals surface area contributed by atoms with E-state index in [2.05, 4.69) is 20.3 Å². The van der Waals surface area contributed by atoms with E-state index in [0.717, 1.165) is 0 Å². The van der Waals surface area contributed by atoms with E-state index in [4.69, 9.17) is 23.2 Å². The van der Waals surface area contributed by atoms with Crippen molar-refractivity contribution in [1.82, 2.24) is 29.9 Å². The molecule has 1 amide bonds. The highest BCUT2D eigenvalue weighted by molar-refractivity contribution is 6.36. The lowest BCUT2D eigenvalue weighted by Crippen LogP contribution is -2.38. The lowest BCUT2D eigenvalue weighted by molar-refractivity contribution is -0.384. The second-order valence-electron chi connectivity index (χ2n) is 8.44. The molecule has 0 saturated carbocycles. The number of benzene rings is 2. The summed E-state index contributed by atoms with van der Waals surface area (Å²) in [5.74, 6) is 0.125. The number of hydrogen-bond donors (Lipinski definition) is 1. The summed E-state index contributed by atoms with van der Waals surface area (Å²) in [5.41, 5.74) is 0.809. The maximum absolute atomic E-state index is 12.9. The molecule has 13 heteroatoms. The predicted octanol–water partition coefficient (Wildman–Crippen LogP) is 3.80. The molecular formula is C23H19Cl2N7O4. The zero-order chi connectivity index (χ0) is 25.4. The number of halogens is 2. The Morgan fingerprint density at radius 2 is 1.83 bits per heavy atom. The maximum Gasteiger partial charge on any atom is 0.281 e. The normalized spacial score (nSPS) is 14.3. The van der Waals surface area contributed by atoms with Crippen molar-refractivity contribution in [1.29, 1.82) is 0 Å². The molecule has 2 aromatic heterocycles. The molecule has 5 rings (SSSR count). The van der Waals surface area contributed by atoms with Crippen molar-refractivity contribution in [2.45, 2.75) is 25.3 Å². The van der Waals surface area contributed by atoms with Crippen LogP contribution in [0.1, 0.15) is 40.5 Å². The minimum atomic E-state index is -0.527. The molecule has 0 aliphatic carbocycles. The Balaban J connectivity index is 1.35. The number of non-ortho nitro benzene ring substituents is 1. The number of nitrogens with one attached hydrogen (secondary N) is 1. The molecule has 36 heavy (non-hydrogen) atoms. The Kier molecular flexibility index (Phi) is 6.42. The molecule has 1 N–H and O–H groups in total. The van der Waals surface area contributed by atoms with Crippen LogP contribution < -0.4 is 5.56 Å². The van der Waals surface area contributed by atoms with Crippen LogP contribution in [0.15, 0.2) is 47.3 Å². The molecule has 1 saturated heterocycles. The van der Waals surface area contributed by atoms with Gasteiger partial charge < -0.3 is 9.88 Å². The summed E-state index contributed by atoms with van der Waals surface area (Å²) in [6, 6.07) is 10.9. The minimum Gasteiger partial charge on any atom is -0.339 e. The first-order valence-corrected chi connectivity index (χ1v) is 11.9. The van der Waals surface area contributed by atoms with E-state index in [9.17, 15) is 19.7 Å². The van der Waals surface area contributed by atoms with Crippen LogP contribution in [0.25, 0.3) is 11.2 Å². The number of amides is 1. The van der Waals surface area contributed by atoms with E-state index >= 15 is 0 Å². The number of hydrogen-bond acceptors (Lipinski definition) is 7. The van der Waals surface area contributed by atoms with E-state index in [1.165, 1.54) is 22.9 Å².